The van der Waals surface area contributed by atoms with Crippen molar-refractivity contribution in [2.45, 2.75) is 137 Å². The standard InChI is InChI=1S/C42H55BO2/c1-25(2)15-16-40(9,10)30-19-27-20-31(43-44-41(11,12)42(13,14)45-43)24-35-33-22-29(39(6,7)8)18-26-17-28(38(3,4)5)21-32(36(26)33)34(23-30)37(27)35/h17-25H,15-16H2,1-14H3. The van der Waals surface area contributed by atoms with Crippen molar-refractivity contribution in [2.75, 3.05) is 0 Å². The maximum atomic E-state index is 6.66. The normalized spacial score (nSPS) is 17.6. The molecule has 0 N–H and O–H groups in total. The van der Waals surface area contributed by atoms with Crippen LogP contribution in [0.5, 0.6) is 0 Å². The Morgan fingerprint density at radius 2 is 0.978 bits per heavy atom. The first-order valence-electron chi connectivity index (χ1n) is 17.2. The van der Waals surface area contributed by atoms with E-state index in [9.17, 15) is 0 Å². The molecule has 0 aliphatic carbocycles. The Balaban J connectivity index is 1.78. The molecule has 5 aromatic carbocycles. The summed E-state index contributed by atoms with van der Waals surface area (Å²) in [7, 11) is -0.414. The van der Waals surface area contributed by atoms with Gasteiger partial charge in [-0.3, -0.25) is 0 Å². The fourth-order valence-electron chi connectivity index (χ4n) is 7.07. The second-order valence-electron chi connectivity index (χ2n) is 18.2. The molecule has 0 aromatic heterocycles. The second-order valence-corrected chi connectivity index (χ2v) is 18.2. The first-order valence-corrected chi connectivity index (χ1v) is 17.2. The highest BCUT2D eigenvalue weighted by Gasteiger charge is 2.51. The Morgan fingerprint density at radius 1 is 0.578 bits per heavy atom. The Bertz CT molecular complexity index is 1910. The number of rotatable bonds is 5. The smallest absolute Gasteiger partial charge is 0.399 e. The monoisotopic (exact) mass is 602 g/mol. The van der Waals surface area contributed by atoms with Crippen molar-refractivity contribution in [3.8, 4) is 0 Å². The van der Waals surface area contributed by atoms with Gasteiger partial charge in [0.15, 0.2) is 0 Å². The van der Waals surface area contributed by atoms with Crippen LogP contribution < -0.4 is 5.46 Å². The van der Waals surface area contributed by atoms with Crippen molar-refractivity contribution < 1.29 is 9.31 Å². The zero-order valence-electron chi connectivity index (χ0n) is 30.5. The molecule has 0 atom stereocenters. The lowest BCUT2D eigenvalue weighted by Crippen LogP contribution is -2.41. The summed E-state index contributed by atoms with van der Waals surface area (Å²) in [6.45, 7) is 32.1. The molecule has 0 bridgehead atoms. The van der Waals surface area contributed by atoms with Crippen LogP contribution in [-0.4, -0.2) is 18.3 Å². The lowest BCUT2D eigenvalue weighted by atomic mass is 9.73. The van der Waals surface area contributed by atoms with Crippen molar-refractivity contribution in [1.82, 2.24) is 0 Å². The predicted octanol–water partition coefficient (Wildman–Crippen LogP) is 11.3. The molecule has 0 unspecified atom stereocenters. The summed E-state index contributed by atoms with van der Waals surface area (Å²) in [5.74, 6) is 0.677. The summed E-state index contributed by atoms with van der Waals surface area (Å²) >= 11 is 0. The molecule has 6 rings (SSSR count). The number of hydrogen-bond acceptors (Lipinski definition) is 2. The molecule has 0 saturated carbocycles. The van der Waals surface area contributed by atoms with E-state index in [1.165, 1.54) is 66.2 Å². The van der Waals surface area contributed by atoms with Crippen molar-refractivity contribution in [3.05, 3.63) is 65.2 Å². The van der Waals surface area contributed by atoms with Gasteiger partial charge in [-0.05, 0) is 140 Å². The molecule has 0 spiro atoms. The third-order valence-electron chi connectivity index (χ3n) is 11.1. The summed E-state index contributed by atoms with van der Waals surface area (Å²) in [4.78, 5) is 0. The minimum Gasteiger partial charge on any atom is -0.399 e. The van der Waals surface area contributed by atoms with E-state index in [-0.39, 0.29) is 16.2 Å². The van der Waals surface area contributed by atoms with E-state index in [4.69, 9.17) is 9.31 Å². The molecule has 2 nitrogen and oxygen atoms in total. The third kappa shape index (κ3) is 5.46. The van der Waals surface area contributed by atoms with Crippen LogP contribution in [0, 0.1) is 5.92 Å². The molecule has 45 heavy (non-hydrogen) atoms. The zero-order valence-corrected chi connectivity index (χ0v) is 30.5. The van der Waals surface area contributed by atoms with Crippen molar-refractivity contribution in [3.63, 3.8) is 0 Å². The second kappa shape index (κ2) is 10.2. The summed E-state index contributed by atoms with van der Waals surface area (Å²) in [6, 6.07) is 19.6. The Morgan fingerprint density at radius 3 is 1.42 bits per heavy atom. The van der Waals surface area contributed by atoms with Crippen LogP contribution in [0.2, 0.25) is 0 Å². The van der Waals surface area contributed by atoms with Gasteiger partial charge in [0.1, 0.15) is 0 Å². The SMILES string of the molecule is CC(C)CCC(C)(C)c1cc2cc(B3OC(C)(C)C(C)(C)O3)cc3c4cc(C(C)(C)C)cc5cc(C(C)(C)C)cc(c(c1)c23)c54. The van der Waals surface area contributed by atoms with Gasteiger partial charge >= 0.3 is 7.12 Å². The Hall–Kier alpha value is -2.62. The highest BCUT2D eigenvalue weighted by Crippen LogP contribution is 2.46. The molecular weight excluding hydrogens is 547 g/mol. The molecule has 3 heteroatoms. The lowest BCUT2D eigenvalue weighted by Gasteiger charge is -2.32. The van der Waals surface area contributed by atoms with Crippen LogP contribution in [0.15, 0.2) is 48.5 Å². The molecule has 1 fully saturated rings. The first-order chi connectivity index (χ1) is 20.6. The van der Waals surface area contributed by atoms with Crippen LogP contribution in [0.3, 0.4) is 0 Å². The van der Waals surface area contributed by atoms with Crippen LogP contribution in [0.1, 0.15) is 126 Å². The van der Waals surface area contributed by atoms with Gasteiger partial charge in [-0.25, -0.2) is 0 Å². The van der Waals surface area contributed by atoms with Crippen molar-refractivity contribution in [2.24, 2.45) is 5.92 Å². The van der Waals surface area contributed by atoms with Gasteiger partial charge in [-0.15, -0.1) is 0 Å². The topological polar surface area (TPSA) is 18.5 Å². The molecule has 238 valence electrons. The van der Waals surface area contributed by atoms with Gasteiger partial charge in [0.25, 0.3) is 0 Å². The van der Waals surface area contributed by atoms with Gasteiger partial charge in [0.2, 0.25) is 0 Å². The number of hydrogen-bond donors (Lipinski definition) is 0. The van der Waals surface area contributed by atoms with Crippen LogP contribution in [-0.2, 0) is 25.6 Å². The van der Waals surface area contributed by atoms with Gasteiger partial charge < -0.3 is 9.31 Å². The molecule has 1 aliphatic rings. The van der Waals surface area contributed by atoms with E-state index < -0.39 is 18.3 Å². The third-order valence-corrected chi connectivity index (χ3v) is 11.1. The van der Waals surface area contributed by atoms with Gasteiger partial charge in [0, 0.05) is 0 Å². The van der Waals surface area contributed by atoms with E-state index >= 15 is 0 Å². The number of benzene rings is 5. The van der Waals surface area contributed by atoms with E-state index in [2.05, 4.69) is 145 Å². The summed E-state index contributed by atoms with van der Waals surface area (Å²) < 4.78 is 13.3. The fourth-order valence-corrected chi connectivity index (χ4v) is 7.07. The minimum absolute atomic E-state index is 0.0234. The molecule has 1 heterocycles. The van der Waals surface area contributed by atoms with E-state index in [0.717, 1.165) is 11.9 Å². The average molecular weight is 603 g/mol. The molecule has 1 saturated heterocycles. The average Bonchev–Trinajstić information content (AvgIpc) is 3.14. The summed E-state index contributed by atoms with van der Waals surface area (Å²) in [5, 5.41) is 10.7. The molecule has 5 aromatic rings. The first kappa shape index (κ1) is 32.3. The van der Waals surface area contributed by atoms with Crippen molar-refractivity contribution in [1.29, 1.82) is 0 Å². The maximum Gasteiger partial charge on any atom is 0.494 e. The van der Waals surface area contributed by atoms with Crippen molar-refractivity contribution >= 4 is 55.7 Å². The fraction of sp³-hybridized carbons (Fsp3) is 0.524. The van der Waals surface area contributed by atoms with Crippen LogP contribution >= 0.6 is 0 Å². The summed E-state index contributed by atoms with van der Waals surface area (Å²) in [6.07, 6.45) is 2.37. The van der Waals surface area contributed by atoms with Crippen LogP contribution in [0.25, 0.3) is 43.1 Å². The zero-order chi connectivity index (χ0) is 33.1. The highest BCUT2D eigenvalue weighted by atomic mass is 16.7. The van der Waals surface area contributed by atoms with Gasteiger partial charge in [-0.1, -0.05) is 106 Å². The number of fused-ring (bicyclic) bond motifs is 2. The Kier molecular flexibility index (Phi) is 7.32. The predicted molar refractivity (Wildman–Crippen MR) is 198 cm³/mol. The van der Waals surface area contributed by atoms with Gasteiger partial charge in [-0.2, -0.15) is 0 Å². The van der Waals surface area contributed by atoms with Gasteiger partial charge in [0.05, 0.1) is 11.2 Å². The van der Waals surface area contributed by atoms with E-state index in [1.807, 2.05) is 0 Å². The summed E-state index contributed by atoms with van der Waals surface area (Å²) in [5.41, 5.74) is 4.58. The molecule has 0 amide bonds. The minimum atomic E-state index is -0.414. The maximum absolute atomic E-state index is 6.66. The van der Waals surface area contributed by atoms with E-state index in [1.54, 1.807) is 0 Å². The molecule has 0 radical (unpaired) electrons. The largest absolute Gasteiger partial charge is 0.494 e. The highest BCUT2D eigenvalue weighted by molar-refractivity contribution is 6.63. The Labute approximate surface area is 272 Å². The lowest BCUT2D eigenvalue weighted by molar-refractivity contribution is 0.00578. The van der Waals surface area contributed by atoms with Crippen LogP contribution in [0.4, 0.5) is 0 Å². The molecule has 1 aliphatic heterocycles. The van der Waals surface area contributed by atoms with E-state index in [0.29, 0.717) is 5.92 Å². The molecular formula is C42H55BO2. The quantitative estimate of drug-likeness (QED) is 0.113.